The lowest BCUT2D eigenvalue weighted by molar-refractivity contribution is 0.189. The Kier molecular flexibility index (Phi) is 6.22. The Morgan fingerprint density at radius 1 is 1.24 bits per heavy atom. The Balaban J connectivity index is 1.67. The van der Waals surface area contributed by atoms with E-state index in [1.54, 1.807) is 0 Å². The standard InChI is InChI=1S/C18H27N3/c1-15(2)7-10-21-11-8-18(9-12-21)20-14-17-5-3-16(13-19)4-6-17/h3-6,15,18,20H,7-12,14H2,1-2H3. The van der Waals surface area contributed by atoms with Crippen LogP contribution < -0.4 is 5.32 Å². The third-order valence-corrected chi connectivity index (χ3v) is 4.29. The smallest absolute Gasteiger partial charge is 0.0991 e. The fourth-order valence-corrected chi connectivity index (χ4v) is 2.76. The van der Waals surface area contributed by atoms with E-state index in [0.717, 1.165) is 18.0 Å². The van der Waals surface area contributed by atoms with Crippen LogP contribution >= 0.6 is 0 Å². The molecule has 1 aromatic rings. The van der Waals surface area contributed by atoms with E-state index < -0.39 is 0 Å². The van der Waals surface area contributed by atoms with E-state index in [9.17, 15) is 0 Å². The molecule has 0 aromatic heterocycles. The minimum atomic E-state index is 0.635. The van der Waals surface area contributed by atoms with Crippen molar-refractivity contribution in [2.75, 3.05) is 19.6 Å². The predicted molar refractivity (Wildman–Crippen MR) is 86.9 cm³/mol. The molecule has 0 amide bonds. The van der Waals surface area contributed by atoms with Crippen LogP contribution in [0, 0.1) is 17.2 Å². The van der Waals surface area contributed by atoms with Crippen LogP contribution in [0.3, 0.4) is 0 Å². The number of hydrogen-bond acceptors (Lipinski definition) is 3. The zero-order valence-corrected chi connectivity index (χ0v) is 13.3. The highest BCUT2D eigenvalue weighted by Gasteiger charge is 2.18. The summed E-state index contributed by atoms with van der Waals surface area (Å²) in [5, 5.41) is 12.4. The van der Waals surface area contributed by atoms with Crippen molar-refractivity contribution in [1.82, 2.24) is 10.2 Å². The van der Waals surface area contributed by atoms with E-state index in [1.807, 2.05) is 24.3 Å². The number of rotatable bonds is 6. The van der Waals surface area contributed by atoms with Gasteiger partial charge in [-0.15, -0.1) is 0 Å². The highest BCUT2D eigenvalue weighted by molar-refractivity contribution is 5.31. The Morgan fingerprint density at radius 2 is 1.90 bits per heavy atom. The van der Waals surface area contributed by atoms with Crippen molar-refractivity contribution < 1.29 is 0 Å². The molecule has 0 unspecified atom stereocenters. The van der Waals surface area contributed by atoms with Crippen molar-refractivity contribution in [3.63, 3.8) is 0 Å². The van der Waals surface area contributed by atoms with Crippen LogP contribution in [0.1, 0.15) is 44.2 Å². The van der Waals surface area contributed by atoms with Gasteiger partial charge in [0.2, 0.25) is 0 Å². The summed E-state index contributed by atoms with van der Waals surface area (Å²) in [5.41, 5.74) is 1.99. The fourth-order valence-electron chi connectivity index (χ4n) is 2.76. The monoisotopic (exact) mass is 285 g/mol. The summed E-state index contributed by atoms with van der Waals surface area (Å²) < 4.78 is 0. The van der Waals surface area contributed by atoms with Gasteiger partial charge in [0.1, 0.15) is 0 Å². The van der Waals surface area contributed by atoms with Crippen LogP contribution in [0.2, 0.25) is 0 Å². The molecule has 0 aliphatic carbocycles. The second-order valence-corrected chi connectivity index (χ2v) is 6.49. The van der Waals surface area contributed by atoms with E-state index in [4.69, 9.17) is 5.26 Å². The lowest BCUT2D eigenvalue weighted by Crippen LogP contribution is -2.42. The SMILES string of the molecule is CC(C)CCN1CCC(NCc2ccc(C#N)cc2)CC1. The van der Waals surface area contributed by atoms with Gasteiger partial charge in [0, 0.05) is 12.6 Å². The third-order valence-electron chi connectivity index (χ3n) is 4.29. The van der Waals surface area contributed by atoms with Gasteiger partial charge in [-0.3, -0.25) is 0 Å². The van der Waals surface area contributed by atoms with Gasteiger partial charge < -0.3 is 10.2 Å². The summed E-state index contributed by atoms with van der Waals surface area (Å²) in [6.45, 7) is 9.19. The molecule has 1 fully saturated rings. The molecule has 0 radical (unpaired) electrons. The Morgan fingerprint density at radius 3 is 2.48 bits per heavy atom. The molecule has 0 spiro atoms. The first-order valence-electron chi connectivity index (χ1n) is 8.12. The fraction of sp³-hybridized carbons (Fsp3) is 0.611. The van der Waals surface area contributed by atoms with Gasteiger partial charge in [-0.1, -0.05) is 26.0 Å². The molecule has 1 heterocycles. The molecule has 1 saturated heterocycles. The Labute approximate surface area is 129 Å². The van der Waals surface area contributed by atoms with Gasteiger partial charge in [-0.25, -0.2) is 0 Å². The minimum Gasteiger partial charge on any atom is -0.310 e. The topological polar surface area (TPSA) is 39.1 Å². The largest absolute Gasteiger partial charge is 0.310 e. The van der Waals surface area contributed by atoms with E-state index >= 15 is 0 Å². The van der Waals surface area contributed by atoms with Crippen LogP contribution in [0.4, 0.5) is 0 Å². The number of benzene rings is 1. The van der Waals surface area contributed by atoms with E-state index in [-0.39, 0.29) is 0 Å². The summed E-state index contributed by atoms with van der Waals surface area (Å²) in [5.74, 6) is 0.803. The van der Waals surface area contributed by atoms with Gasteiger partial charge in [0.25, 0.3) is 0 Å². The first-order valence-corrected chi connectivity index (χ1v) is 8.12. The van der Waals surface area contributed by atoms with Gasteiger partial charge in [-0.05, 0) is 62.5 Å². The lowest BCUT2D eigenvalue weighted by Gasteiger charge is -2.32. The number of nitriles is 1. The second-order valence-electron chi connectivity index (χ2n) is 6.49. The average molecular weight is 285 g/mol. The van der Waals surface area contributed by atoms with Gasteiger partial charge >= 0.3 is 0 Å². The normalized spacial score (nSPS) is 17.0. The quantitative estimate of drug-likeness (QED) is 0.872. The minimum absolute atomic E-state index is 0.635. The number of nitrogens with one attached hydrogen (secondary N) is 1. The van der Waals surface area contributed by atoms with Crippen LogP contribution in [0.15, 0.2) is 24.3 Å². The van der Waals surface area contributed by atoms with Crippen molar-refractivity contribution in [2.45, 2.75) is 45.7 Å². The van der Waals surface area contributed by atoms with Crippen LogP contribution in [-0.2, 0) is 6.54 Å². The first-order chi connectivity index (χ1) is 10.2. The Bertz CT molecular complexity index is 450. The summed E-state index contributed by atoms with van der Waals surface area (Å²) in [6.07, 6.45) is 3.80. The first kappa shape index (κ1) is 16.0. The number of likely N-dealkylation sites (tertiary alicyclic amines) is 1. The molecule has 3 heteroatoms. The molecule has 1 aromatic carbocycles. The van der Waals surface area contributed by atoms with Crippen molar-refractivity contribution in [1.29, 1.82) is 5.26 Å². The predicted octanol–water partition coefficient (Wildman–Crippen LogP) is 3.16. The number of nitrogens with zero attached hydrogens (tertiary/aromatic N) is 2. The summed E-state index contributed by atoms with van der Waals surface area (Å²) in [6, 6.07) is 10.7. The summed E-state index contributed by atoms with van der Waals surface area (Å²) in [4.78, 5) is 2.60. The van der Waals surface area contributed by atoms with Crippen molar-refractivity contribution >= 4 is 0 Å². The average Bonchev–Trinajstić information content (AvgIpc) is 2.52. The molecule has 114 valence electrons. The molecule has 1 aliphatic heterocycles. The third kappa shape index (κ3) is 5.49. The molecule has 1 aliphatic rings. The summed E-state index contributed by atoms with van der Waals surface area (Å²) >= 11 is 0. The van der Waals surface area contributed by atoms with Crippen molar-refractivity contribution in [3.05, 3.63) is 35.4 Å². The highest BCUT2D eigenvalue weighted by atomic mass is 15.1. The molecule has 21 heavy (non-hydrogen) atoms. The Hall–Kier alpha value is -1.37. The number of piperidine rings is 1. The molecule has 0 atom stereocenters. The molecule has 0 bridgehead atoms. The van der Waals surface area contributed by atoms with Gasteiger partial charge in [0.05, 0.1) is 11.6 Å². The molecular formula is C18H27N3. The number of hydrogen-bond donors (Lipinski definition) is 1. The maximum absolute atomic E-state index is 8.79. The van der Waals surface area contributed by atoms with Crippen LogP contribution in [0.5, 0.6) is 0 Å². The van der Waals surface area contributed by atoms with Crippen molar-refractivity contribution in [3.8, 4) is 6.07 Å². The van der Waals surface area contributed by atoms with E-state index in [1.165, 1.54) is 44.5 Å². The maximum atomic E-state index is 8.79. The van der Waals surface area contributed by atoms with E-state index in [2.05, 4.69) is 30.1 Å². The molecule has 0 saturated carbocycles. The molecule has 1 N–H and O–H groups in total. The second kappa shape index (κ2) is 8.17. The van der Waals surface area contributed by atoms with Crippen LogP contribution in [-0.4, -0.2) is 30.6 Å². The van der Waals surface area contributed by atoms with Gasteiger partial charge in [-0.2, -0.15) is 5.26 Å². The van der Waals surface area contributed by atoms with Crippen LogP contribution in [0.25, 0.3) is 0 Å². The molecule has 2 rings (SSSR count). The zero-order chi connectivity index (χ0) is 15.1. The zero-order valence-electron chi connectivity index (χ0n) is 13.3. The summed E-state index contributed by atoms with van der Waals surface area (Å²) in [7, 11) is 0. The van der Waals surface area contributed by atoms with Gasteiger partial charge in [0.15, 0.2) is 0 Å². The molecule has 3 nitrogen and oxygen atoms in total. The maximum Gasteiger partial charge on any atom is 0.0991 e. The van der Waals surface area contributed by atoms with Crippen molar-refractivity contribution in [2.24, 2.45) is 5.92 Å². The highest BCUT2D eigenvalue weighted by Crippen LogP contribution is 2.13. The van der Waals surface area contributed by atoms with E-state index in [0.29, 0.717) is 6.04 Å². The lowest BCUT2D eigenvalue weighted by atomic mass is 10.0. The molecular weight excluding hydrogens is 258 g/mol.